The molecule has 19 heavy (non-hydrogen) atoms. The van der Waals surface area contributed by atoms with E-state index in [0.29, 0.717) is 11.3 Å². The molecule has 0 radical (unpaired) electrons. The number of carboxylic acids is 1. The van der Waals surface area contributed by atoms with Crippen molar-refractivity contribution in [2.45, 2.75) is 12.3 Å². The van der Waals surface area contributed by atoms with E-state index in [9.17, 15) is 15.0 Å². The number of ether oxygens (including phenoxy) is 1. The number of methoxy groups -OCH3 is 1. The fraction of sp³-hybridized carbons (Fsp3) is 0.214. The minimum Gasteiger partial charge on any atom is -0.508 e. The lowest BCUT2D eigenvalue weighted by Gasteiger charge is -2.12. The second-order valence-electron chi connectivity index (χ2n) is 4.11. The summed E-state index contributed by atoms with van der Waals surface area (Å²) in [6.07, 6.45) is 0.256. The van der Waals surface area contributed by atoms with Gasteiger partial charge in [-0.1, -0.05) is 12.1 Å². The maximum absolute atomic E-state index is 11.3. The summed E-state index contributed by atoms with van der Waals surface area (Å²) in [6.45, 7) is 0. The minimum atomic E-state index is -0.891. The van der Waals surface area contributed by atoms with Crippen LogP contribution in [0.15, 0.2) is 35.7 Å². The van der Waals surface area contributed by atoms with Gasteiger partial charge >= 0.3 is 5.97 Å². The highest BCUT2D eigenvalue weighted by molar-refractivity contribution is 7.10. The maximum Gasteiger partial charge on any atom is 0.312 e. The summed E-state index contributed by atoms with van der Waals surface area (Å²) in [7, 11) is 1.51. The van der Waals surface area contributed by atoms with Gasteiger partial charge in [0.2, 0.25) is 0 Å². The molecule has 1 unspecified atom stereocenters. The molecule has 1 aromatic carbocycles. The van der Waals surface area contributed by atoms with Crippen LogP contribution >= 0.6 is 11.3 Å². The molecule has 2 aromatic rings. The van der Waals surface area contributed by atoms with Gasteiger partial charge in [-0.3, -0.25) is 4.79 Å². The third-order valence-electron chi connectivity index (χ3n) is 2.90. The van der Waals surface area contributed by atoms with Gasteiger partial charge in [-0.15, -0.1) is 11.3 Å². The topological polar surface area (TPSA) is 66.8 Å². The van der Waals surface area contributed by atoms with Gasteiger partial charge in [0.25, 0.3) is 0 Å². The molecule has 0 saturated heterocycles. The van der Waals surface area contributed by atoms with Gasteiger partial charge in [0.05, 0.1) is 13.0 Å². The number of phenols is 1. The van der Waals surface area contributed by atoms with Gasteiger partial charge in [0, 0.05) is 10.9 Å². The van der Waals surface area contributed by atoms with Crippen molar-refractivity contribution in [1.82, 2.24) is 0 Å². The molecule has 0 fully saturated rings. The van der Waals surface area contributed by atoms with Crippen molar-refractivity contribution in [2.75, 3.05) is 7.11 Å². The van der Waals surface area contributed by atoms with Crippen LogP contribution in [0.25, 0.3) is 0 Å². The molecule has 0 spiro atoms. The van der Waals surface area contributed by atoms with Crippen LogP contribution in [-0.4, -0.2) is 23.3 Å². The van der Waals surface area contributed by atoms with Crippen LogP contribution in [0, 0.1) is 0 Å². The molecular weight excluding hydrogens is 264 g/mol. The zero-order chi connectivity index (χ0) is 13.8. The van der Waals surface area contributed by atoms with E-state index in [-0.39, 0.29) is 12.2 Å². The van der Waals surface area contributed by atoms with Crippen LogP contribution in [-0.2, 0) is 11.2 Å². The lowest BCUT2D eigenvalue weighted by atomic mass is 9.97. The summed E-state index contributed by atoms with van der Waals surface area (Å²) >= 11 is 1.40. The number of thiophene rings is 1. The standard InChI is InChI=1S/C14H14O4S/c1-18-10-5-4-9(12(15)8-10)7-11(14(16)17)13-3-2-6-19-13/h2-6,8,11,15H,7H2,1H3,(H,16,17). The number of aromatic hydroxyl groups is 1. The van der Waals surface area contributed by atoms with Crippen LogP contribution in [0.3, 0.4) is 0 Å². The van der Waals surface area contributed by atoms with E-state index in [0.717, 1.165) is 4.88 Å². The first kappa shape index (κ1) is 13.4. The molecule has 0 bridgehead atoms. The van der Waals surface area contributed by atoms with E-state index >= 15 is 0 Å². The number of phenolic OH excluding ortho intramolecular Hbond substituents is 1. The van der Waals surface area contributed by atoms with E-state index in [1.807, 2.05) is 11.4 Å². The van der Waals surface area contributed by atoms with Crippen LogP contribution in [0.2, 0.25) is 0 Å². The summed E-state index contributed by atoms with van der Waals surface area (Å²) in [5, 5.41) is 21.0. The summed E-state index contributed by atoms with van der Waals surface area (Å²) < 4.78 is 5.00. The van der Waals surface area contributed by atoms with Crippen LogP contribution in [0.1, 0.15) is 16.4 Å². The lowest BCUT2D eigenvalue weighted by Crippen LogP contribution is -2.13. The molecule has 1 aromatic heterocycles. The quantitative estimate of drug-likeness (QED) is 0.882. The molecule has 0 amide bonds. The number of hydrogen-bond donors (Lipinski definition) is 2. The Bertz CT molecular complexity index is 563. The van der Waals surface area contributed by atoms with Crippen LogP contribution in [0.4, 0.5) is 0 Å². The number of carbonyl (C=O) groups is 1. The fourth-order valence-corrected chi connectivity index (χ4v) is 2.68. The Morgan fingerprint density at radius 1 is 1.42 bits per heavy atom. The van der Waals surface area contributed by atoms with Crippen molar-refractivity contribution in [3.8, 4) is 11.5 Å². The Kier molecular flexibility index (Phi) is 4.06. The average molecular weight is 278 g/mol. The smallest absolute Gasteiger partial charge is 0.312 e. The van der Waals surface area contributed by atoms with E-state index < -0.39 is 11.9 Å². The minimum absolute atomic E-state index is 0.0576. The highest BCUT2D eigenvalue weighted by atomic mass is 32.1. The molecule has 100 valence electrons. The van der Waals surface area contributed by atoms with Gasteiger partial charge in [-0.25, -0.2) is 0 Å². The highest BCUT2D eigenvalue weighted by Crippen LogP contribution is 2.30. The number of rotatable bonds is 5. The molecule has 0 aliphatic carbocycles. The molecule has 0 aliphatic rings. The van der Waals surface area contributed by atoms with Crippen molar-refractivity contribution in [3.05, 3.63) is 46.2 Å². The van der Waals surface area contributed by atoms with E-state index in [2.05, 4.69) is 0 Å². The van der Waals surface area contributed by atoms with Gasteiger partial charge in [0.1, 0.15) is 11.5 Å². The first-order chi connectivity index (χ1) is 9.11. The van der Waals surface area contributed by atoms with E-state index in [1.165, 1.54) is 24.5 Å². The summed E-state index contributed by atoms with van der Waals surface area (Å²) in [5.74, 6) is -0.927. The van der Waals surface area contributed by atoms with Crippen molar-refractivity contribution in [1.29, 1.82) is 0 Å². The van der Waals surface area contributed by atoms with Crippen molar-refractivity contribution < 1.29 is 19.7 Å². The number of carboxylic acid groups (broad SMARTS) is 1. The number of hydrogen-bond acceptors (Lipinski definition) is 4. The Morgan fingerprint density at radius 2 is 2.21 bits per heavy atom. The molecule has 4 nitrogen and oxygen atoms in total. The third-order valence-corrected chi connectivity index (χ3v) is 3.89. The second kappa shape index (κ2) is 5.75. The largest absolute Gasteiger partial charge is 0.508 e. The Hall–Kier alpha value is -2.01. The molecule has 0 aliphatic heterocycles. The molecule has 5 heteroatoms. The first-order valence-corrected chi connectivity index (χ1v) is 6.62. The zero-order valence-corrected chi connectivity index (χ0v) is 11.2. The molecule has 1 heterocycles. The summed E-state index contributed by atoms with van der Waals surface area (Å²) in [4.78, 5) is 12.1. The Morgan fingerprint density at radius 3 is 2.74 bits per heavy atom. The van der Waals surface area contributed by atoms with E-state index in [1.54, 1.807) is 18.2 Å². The monoisotopic (exact) mass is 278 g/mol. The molecular formula is C14H14O4S. The Balaban J connectivity index is 2.25. The summed E-state index contributed by atoms with van der Waals surface area (Å²) in [5.41, 5.74) is 0.599. The molecule has 2 rings (SSSR count). The second-order valence-corrected chi connectivity index (χ2v) is 5.08. The van der Waals surface area contributed by atoms with Crippen molar-refractivity contribution in [3.63, 3.8) is 0 Å². The molecule has 1 atom stereocenters. The molecule has 0 saturated carbocycles. The van der Waals surface area contributed by atoms with Gasteiger partial charge in [0.15, 0.2) is 0 Å². The van der Waals surface area contributed by atoms with Crippen LogP contribution in [0.5, 0.6) is 11.5 Å². The summed E-state index contributed by atoms with van der Waals surface area (Å²) in [6, 6.07) is 8.51. The predicted molar refractivity (Wildman–Crippen MR) is 73.1 cm³/mol. The average Bonchev–Trinajstić information content (AvgIpc) is 2.90. The van der Waals surface area contributed by atoms with Gasteiger partial charge in [-0.2, -0.15) is 0 Å². The van der Waals surface area contributed by atoms with Gasteiger partial charge in [-0.05, 0) is 29.5 Å². The predicted octanol–water partition coefficient (Wildman–Crippen LogP) is 2.87. The molecule has 2 N–H and O–H groups in total. The van der Waals surface area contributed by atoms with Crippen LogP contribution < -0.4 is 4.74 Å². The van der Waals surface area contributed by atoms with E-state index in [4.69, 9.17) is 4.74 Å². The lowest BCUT2D eigenvalue weighted by molar-refractivity contribution is -0.138. The highest BCUT2D eigenvalue weighted by Gasteiger charge is 2.22. The van der Waals surface area contributed by atoms with Crippen molar-refractivity contribution >= 4 is 17.3 Å². The Labute approximate surface area is 114 Å². The zero-order valence-electron chi connectivity index (χ0n) is 10.4. The number of aliphatic carboxylic acids is 1. The number of benzene rings is 1. The SMILES string of the molecule is COc1ccc(CC(C(=O)O)c2cccs2)c(O)c1. The van der Waals surface area contributed by atoms with Crippen molar-refractivity contribution in [2.24, 2.45) is 0 Å². The fourth-order valence-electron chi connectivity index (χ4n) is 1.86. The van der Waals surface area contributed by atoms with Gasteiger partial charge < -0.3 is 14.9 Å². The first-order valence-electron chi connectivity index (χ1n) is 5.74. The maximum atomic E-state index is 11.3. The third kappa shape index (κ3) is 3.06. The normalized spacial score (nSPS) is 12.1.